The van der Waals surface area contributed by atoms with Crippen LogP contribution in [0.15, 0.2) is 18.2 Å². The highest BCUT2D eigenvalue weighted by molar-refractivity contribution is 7.99. The normalized spacial score (nSPS) is 22.5. The number of hydrogen-bond donors (Lipinski definition) is 2. The Labute approximate surface area is 164 Å². The number of amides is 1. The Morgan fingerprint density at radius 3 is 2.88 bits per heavy atom. The number of thioether (sulfide) groups is 1. The minimum atomic E-state index is -0.0788. The van der Waals surface area contributed by atoms with Crippen LogP contribution in [-0.2, 0) is 4.79 Å². The summed E-state index contributed by atoms with van der Waals surface area (Å²) in [5.41, 5.74) is 0.947. The van der Waals surface area contributed by atoms with E-state index in [2.05, 4.69) is 10.6 Å². The summed E-state index contributed by atoms with van der Waals surface area (Å²) in [6, 6.07) is 5.79. The smallest absolute Gasteiger partial charge is 0.240 e. The lowest BCUT2D eigenvalue weighted by atomic mass is 10.1. The molecule has 1 aromatic rings. The summed E-state index contributed by atoms with van der Waals surface area (Å²) in [6.45, 7) is 1.65. The fraction of sp³-hybridized carbons (Fsp3) is 0.533. The Morgan fingerprint density at radius 1 is 1.46 bits per heavy atom. The standard InChI is InChI=1S/C15H20ClN3O2S.2ClH/c1-21-14-3-2-10(6-12(14)16)18-11-7-13(17-8-11)15(20)19-4-5-22-9-19;;/h2-3,6,11,13,17-18H,4-5,7-9H2,1H3;2*1H/t11-,13-;;/m0../s1. The van der Waals surface area contributed by atoms with E-state index in [1.165, 1.54) is 0 Å². The first-order valence-corrected chi connectivity index (χ1v) is 8.90. The van der Waals surface area contributed by atoms with Gasteiger partial charge < -0.3 is 20.3 Å². The summed E-state index contributed by atoms with van der Waals surface area (Å²) in [6.07, 6.45) is 0.795. The van der Waals surface area contributed by atoms with Crippen LogP contribution in [0.3, 0.4) is 0 Å². The maximum absolute atomic E-state index is 12.4. The van der Waals surface area contributed by atoms with E-state index in [1.54, 1.807) is 7.11 Å². The molecule has 2 aliphatic heterocycles. The topological polar surface area (TPSA) is 53.6 Å². The number of hydrogen-bond acceptors (Lipinski definition) is 5. The zero-order chi connectivity index (χ0) is 15.5. The molecule has 0 aromatic heterocycles. The zero-order valence-corrected chi connectivity index (χ0v) is 16.5. The van der Waals surface area contributed by atoms with Crippen LogP contribution in [0.4, 0.5) is 5.69 Å². The highest BCUT2D eigenvalue weighted by Gasteiger charge is 2.33. The molecular formula is C15H22Cl3N3O2S. The summed E-state index contributed by atoms with van der Waals surface area (Å²) >= 11 is 7.95. The summed E-state index contributed by atoms with van der Waals surface area (Å²) in [5.74, 6) is 2.76. The Hall–Kier alpha value is -0.530. The molecule has 9 heteroatoms. The van der Waals surface area contributed by atoms with Crippen molar-refractivity contribution in [2.45, 2.75) is 18.5 Å². The first-order valence-electron chi connectivity index (χ1n) is 7.37. The van der Waals surface area contributed by atoms with E-state index in [0.717, 1.165) is 36.8 Å². The van der Waals surface area contributed by atoms with Gasteiger partial charge in [0, 0.05) is 30.6 Å². The second-order valence-electron chi connectivity index (χ2n) is 5.53. The number of carbonyl (C=O) groups is 1. The van der Waals surface area contributed by atoms with Gasteiger partial charge in [0.1, 0.15) is 5.75 Å². The molecule has 136 valence electrons. The molecule has 0 aliphatic carbocycles. The largest absolute Gasteiger partial charge is 0.495 e. The second kappa shape index (κ2) is 9.82. The van der Waals surface area contributed by atoms with E-state index >= 15 is 0 Å². The average Bonchev–Trinajstić information content (AvgIpc) is 3.18. The molecule has 0 spiro atoms. The van der Waals surface area contributed by atoms with Gasteiger partial charge in [0.25, 0.3) is 0 Å². The summed E-state index contributed by atoms with van der Waals surface area (Å²) in [4.78, 5) is 14.3. The van der Waals surface area contributed by atoms with Crippen molar-refractivity contribution >= 4 is 59.8 Å². The van der Waals surface area contributed by atoms with Crippen molar-refractivity contribution in [1.29, 1.82) is 0 Å². The van der Waals surface area contributed by atoms with Crippen molar-refractivity contribution in [3.8, 4) is 5.75 Å². The number of anilines is 1. The summed E-state index contributed by atoms with van der Waals surface area (Å²) in [5, 5.41) is 7.33. The van der Waals surface area contributed by atoms with Crippen molar-refractivity contribution in [3.63, 3.8) is 0 Å². The third kappa shape index (κ3) is 4.99. The Balaban J connectivity index is 0.00000144. The molecule has 5 nitrogen and oxygen atoms in total. The van der Waals surface area contributed by atoms with Crippen molar-refractivity contribution < 1.29 is 9.53 Å². The summed E-state index contributed by atoms with van der Waals surface area (Å²) < 4.78 is 5.15. The van der Waals surface area contributed by atoms with Gasteiger partial charge in [-0.3, -0.25) is 4.79 Å². The minimum absolute atomic E-state index is 0. The van der Waals surface area contributed by atoms with Crippen molar-refractivity contribution in [2.75, 3.05) is 37.1 Å². The number of benzene rings is 1. The monoisotopic (exact) mass is 413 g/mol. The van der Waals surface area contributed by atoms with Crippen molar-refractivity contribution in [1.82, 2.24) is 10.2 Å². The molecule has 2 saturated heterocycles. The molecule has 0 bridgehead atoms. The number of methoxy groups -OCH3 is 1. The van der Waals surface area contributed by atoms with Crippen LogP contribution in [0, 0.1) is 0 Å². The van der Waals surface area contributed by atoms with Crippen LogP contribution >= 0.6 is 48.2 Å². The van der Waals surface area contributed by atoms with E-state index in [1.807, 2.05) is 34.9 Å². The maximum Gasteiger partial charge on any atom is 0.240 e. The van der Waals surface area contributed by atoms with Gasteiger partial charge in [-0.2, -0.15) is 0 Å². The van der Waals surface area contributed by atoms with Crippen LogP contribution in [0.1, 0.15) is 6.42 Å². The van der Waals surface area contributed by atoms with Gasteiger partial charge in [0.2, 0.25) is 5.91 Å². The molecule has 2 atom stereocenters. The van der Waals surface area contributed by atoms with Crippen LogP contribution in [-0.4, -0.2) is 54.7 Å². The first kappa shape index (κ1) is 21.5. The van der Waals surface area contributed by atoms with Crippen LogP contribution in [0.5, 0.6) is 5.75 Å². The van der Waals surface area contributed by atoms with Gasteiger partial charge in [-0.25, -0.2) is 0 Å². The number of nitrogens with zero attached hydrogens (tertiary/aromatic N) is 1. The second-order valence-corrected chi connectivity index (χ2v) is 7.01. The Kier molecular flexibility index (Phi) is 8.81. The fourth-order valence-electron chi connectivity index (χ4n) is 2.83. The van der Waals surface area contributed by atoms with Gasteiger partial charge in [0.15, 0.2) is 0 Å². The van der Waals surface area contributed by atoms with Gasteiger partial charge >= 0.3 is 0 Å². The quantitative estimate of drug-likeness (QED) is 0.793. The molecule has 2 fully saturated rings. The number of carbonyl (C=O) groups excluding carboxylic acids is 1. The van der Waals surface area contributed by atoms with Gasteiger partial charge in [-0.05, 0) is 24.6 Å². The molecule has 2 heterocycles. The molecule has 0 saturated carbocycles. The van der Waals surface area contributed by atoms with E-state index in [-0.39, 0.29) is 42.8 Å². The number of halogens is 3. The van der Waals surface area contributed by atoms with Crippen LogP contribution in [0.2, 0.25) is 5.02 Å². The van der Waals surface area contributed by atoms with Gasteiger partial charge in [0.05, 0.1) is 24.1 Å². The predicted molar refractivity (Wildman–Crippen MR) is 105 cm³/mol. The lowest BCUT2D eigenvalue weighted by Crippen LogP contribution is -2.42. The SMILES string of the molecule is COc1ccc(N[C@@H]2CN[C@H](C(=O)N3CCSC3)C2)cc1Cl.Cl.Cl. The third-order valence-electron chi connectivity index (χ3n) is 4.02. The Morgan fingerprint density at radius 2 is 2.25 bits per heavy atom. The number of ether oxygens (including phenoxy) is 1. The minimum Gasteiger partial charge on any atom is -0.495 e. The van der Waals surface area contributed by atoms with Crippen LogP contribution < -0.4 is 15.4 Å². The fourth-order valence-corrected chi connectivity index (χ4v) is 4.05. The Bertz CT molecular complexity index is 559. The number of rotatable bonds is 4. The maximum atomic E-state index is 12.4. The average molecular weight is 415 g/mol. The van der Waals surface area contributed by atoms with E-state index < -0.39 is 0 Å². The van der Waals surface area contributed by atoms with Crippen molar-refractivity contribution in [2.24, 2.45) is 0 Å². The predicted octanol–water partition coefficient (Wildman–Crippen LogP) is 2.87. The van der Waals surface area contributed by atoms with Gasteiger partial charge in [-0.1, -0.05) is 11.6 Å². The molecule has 2 N–H and O–H groups in total. The molecule has 3 rings (SSSR count). The molecular weight excluding hydrogens is 393 g/mol. The molecule has 1 amide bonds. The molecule has 2 aliphatic rings. The molecule has 0 radical (unpaired) electrons. The lowest BCUT2D eigenvalue weighted by molar-refractivity contribution is -0.131. The zero-order valence-electron chi connectivity index (χ0n) is 13.3. The van der Waals surface area contributed by atoms with Crippen LogP contribution in [0.25, 0.3) is 0 Å². The van der Waals surface area contributed by atoms with Crippen molar-refractivity contribution in [3.05, 3.63) is 23.2 Å². The summed E-state index contributed by atoms with van der Waals surface area (Å²) in [7, 11) is 1.60. The van der Waals surface area contributed by atoms with E-state index in [4.69, 9.17) is 16.3 Å². The number of nitrogens with one attached hydrogen (secondary N) is 2. The van der Waals surface area contributed by atoms with E-state index in [0.29, 0.717) is 10.8 Å². The molecule has 24 heavy (non-hydrogen) atoms. The third-order valence-corrected chi connectivity index (χ3v) is 5.28. The van der Waals surface area contributed by atoms with E-state index in [9.17, 15) is 4.79 Å². The molecule has 0 unspecified atom stereocenters. The van der Waals surface area contributed by atoms with Gasteiger partial charge in [-0.15, -0.1) is 36.6 Å². The highest BCUT2D eigenvalue weighted by Crippen LogP contribution is 2.28. The highest BCUT2D eigenvalue weighted by atomic mass is 35.5. The first-order chi connectivity index (χ1) is 10.7. The molecule has 1 aromatic carbocycles. The lowest BCUT2D eigenvalue weighted by Gasteiger charge is -2.19.